The Hall–Kier alpha value is -0.890. The molecule has 0 fully saturated rings. The average molecular weight is 222 g/mol. The topological polar surface area (TPSA) is 9.23 Å². The Labute approximate surface area is 96.5 Å². The van der Waals surface area contributed by atoms with E-state index in [1.165, 1.54) is 10.5 Å². The van der Waals surface area contributed by atoms with Gasteiger partial charge in [-0.15, -0.1) is 11.8 Å². The van der Waals surface area contributed by atoms with Crippen LogP contribution >= 0.6 is 11.8 Å². The van der Waals surface area contributed by atoms with Crippen LogP contribution in [-0.2, 0) is 4.74 Å². The molecule has 0 amide bonds. The molecule has 1 rings (SSSR count). The second-order valence-corrected chi connectivity index (χ2v) is 4.49. The molecule has 0 saturated carbocycles. The lowest BCUT2D eigenvalue weighted by Crippen LogP contribution is -1.87. The predicted octanol–water partition coefficient (Wildman–Crippen LogP) is 4.11. The first-order valence-electron chi connectivity index (χ1n) is 5.28. The Bertz CT molecular complexity index is 293. The van der Waals surface area contributed by atoms with Gasteiger partial charge in [0.2, 0.25) is 0 Å². The SMILES string of the molecule is CCCOC=C(C)CSc1ccccc1. The van der Waals surface area contributed by atoms with Crippen LogP contribution < -0.4 is 0 Å². The summed E-state index contributed by atoms with van der Waals surface area (Å²) in [6.45, 7) is 5.03. The second-order valence-electron chi connectivity index (χ2n) is 3.44. The first kappa shape index (κ1) is 12.2. The second kappa shape index (κ2) is 7.41. The molecule has 82 valence electrons. The Balaban J connectivity index is 2.28. The first-order chi connectivity index (χ1) is 7.33. The normalized spacial score (nSPS) is 11.5. The minimum Gasteiger partial charge on any atom is -0.501 e. The standard InChI is InChI=1S/C13H18OS/c1-3-9-14-10-12(2)11-15-13-7-5-4-6-8-13/h4-8,10H,3,9,11H2,1-2H3. The van der Waals surface area contributed by atoms with E-state index in [1.807, 2.05) is 24.1 Å². The summed E-state index contributed by atoms with van der Waals surface area (Å²) in [5.74, 6) is 0.994. The van der Waals surface area contributed by atoms with Gasteiger partial charge in [-0.3, -0.25) is 0 Å². The molecule has 0 saturated heterocycles. The van der Waals surface area contributed by atoms with Crippen molar-refractivity contribution in [2.75, 3.05) is 12.4 Å². The summed E-state index contributed by atoms with van der Waals surface area (Å²) < 4.78 is 5.36. The van der Waals surface area contributed by atoms with Crippen molar-refractivity contribution in [1.29, 1.82) is 0 Å². The summed E-state index contributed by atoms with van der Waals surface area (Å²) >= 11 is 1.84. The van der Waals surface area contributed by atoms with Crippen molar-refractivity contribution >= 4 is 11.8 Å². The maximum Gasteiger partial charge on any atom is 0.0870 e. The number of ether oxygens (including phenoxy) is 1. The van der Waals surface area contributed by atoms with Crippen molar-refractivity contribution < 1.29 is 4.74 Å². The number of benzene rings is 1. The van der Waals surface area contributed by atoms with Gasteiger partial charge in [0.1, 0.15) is 0 Å². The van der Waals surface area contributed by atoms with E-state index < -0.39 is 0 Å². The molecule has 0 aliphatic heterocycles. The molecule has 15 heavy (non-hydrogen) atoms. The van der Waals surface area contributed by atoms with Crippen LogP contribution in [0.3, 0.4) is 0 Å². The molecule has 2 heteroatoms. The van der Waals surface area contributed by atoms with Crippen LogP contribution in [-0.4, -0.2) is 12.4 Å². The third kappa shape index (κ3) is 5.53. The fourth-order valence-electron chi connectivity index (χ4n) is 1.07. The third-order valence-electron chi connectivity index (χ3n) is 1.82. The maximum atomic E-state index is 5.36. The number of hydrogen-bond donors (Lipinski definition) is 0. The van der Waals surface area contributed by atoms with E-state index >= 15 is 0 Å². The molecule has 0 N–H and O–H groups in total. The molecular formula is C13H18OS. The van der Waals surface area contributed by atoms with Crippen LogP contribution in [0.4, 0.5) is 0 Å². The smallest absolute Gasteiger partial charge is 0.0870 e. The molecule has 1 aromatic rings. The maximum absolute atomic E-state index is 5.36. The van der Waals surface area contributed by atoms with Crippen LogP contribution in [0, 0.1) is 0 Å². The van der Waals surface area contributed by atoms with E-state index in [2.05, 4.69) is 38.1 Å². The lowest BCUT2D eigenvalue weighted by molar-refractivity contribution is 0.247. The summed E-state index contributed by atoms with van der Waals surface area (Å²) in [6.07, 6.45) is 2.94. The van der Waals surface area contributed by atoms with Gasteiger partial charge in [0.15, 0.2) is 0 Å². The highest BCUT2D eigenvalue weighted by molar-refractivity contribution is 7.99. The molecule has 0 aliphatic rings. The summed E-state index contributed by atoms with van der Waals surface area (Å²) in [7, 11) is 0. The molecule has 0 unspecified atom stereocenters. The Kier molecular flexibility index (Phi) is 6.02. The van der Waals surface area contributed by atoms with Crippen molar-refractivity contribution in [3.8, 4) is 0 Å². The zero-order valence-electron chi connectivity index (χ0n) is 9.40. The van der Waals surface area contributed by atoms with Gasteiger partial charge in [0, 0.05) is 10.6 Å². The van der Waals surface area contributed by atoms with E-state index in [0.717, 1.165) is 18.8 Å². The third-order valence-corrected chi connectivity index (χ3v) is 3.02. The van der Waals surface area contributed by atoms with E-state index in [0.29, 0.717) is 0 Å². The number of thioether (sulfide) groups is 1. The molecule has 1 aromatic carbocycles. The molecule has 0 bridgehead atoms. The van der Waals surface area contributed by atoms with Crippen LogP contribution in [0.15, 0.2) is 47.1 Å². The fourth-order valence-corrected chi connectivity index (χ4v) is 1.88. The van der Waals surface area contributed by atoms with Crippen LogP contribution in [0.5, 0.6) is 0 Å². The molecule has 0 aliphatic carbocycles. The van der Waals surface area contributed by atoms with E-state index in [4.69, 9.17) is 4.74 Å². The highest BCUT2D eigenvalue weighted by Crippen LogP contribution is 2.19. The van der Waals surface area contributed by atoms with Crippen molar-refractivity contribution in [2.24, 2.45) is 0 Å². The van der Waals surface area contributed by atoms with Gasteiger partial charge in [0.05, 0.1) is 12.9 Å². The van der Waals surface area contributed by atoms with Gasteiger partial charge in [-0.2, -0.15) is 0 Å². The van der Waals surface area contributed by atoms with Crippen molar-refractivity contribution in [1.82, 2.24) is 0 Å². The van der Waals surface area contributed by atoms with Gasteiger partial charge in [-0.1, -0.05) is 25.1 Å². The van der Waals surface area contributed by atoms with Gasteiger partial charge in [0.25, 0.3) is 0 Å². The van der Waals surface area contributed by atoms with Crippen LogP contribution in [0.2, 0.25) is 0 Å². The minimum absolute atomic E-state index is 0.813. The molecular weight excluding hydrogens is 204 g/mol. The molecule has 1 nitrogen and oxygen atoms in total. The quantitative estimate of drug-likeness (QED) is 0.407. The molecule has 0 spiro atoms. The molecule has 0 heterocycles. The molecule has 0 aromatic heterocycles. The lowest BCUT2D eigenvalue weighted by atomic mass is 10.4. The highest BCUT2D eigenvalue weighted by Gasteiger charge is 1.94. The summed E-state index contributed by atoms with van der Waals surface area (Å²) in [5.41, 5.74) is 1.28. The van der Waals surface area contributed by atoms with E-state index in [9.17, 15) is 0 Å². The van der Waals surface area contributed by atoms with Crippen molar-refractivity contribution in [3.05, 3.63) is 42.2 Å². The average Bonchev–Trinajstić information content (AvgIpc) is 2.28. The van der Waals surface area contributed by atoms with E-state index in [1.54, 1.807) is 0 Å². The fraction of sp³-hybridized carbons (Fsp3) is 0.385. The first-order valence-corrected chi connectivity index (χ1v) is 6.26. The zero-order chi connectivity index (χ0) is 10.9. The Morgan fingerprint density at radius 2 is 2.07 bits per heavy atom. The summed E-state index contributed by atoms with van der Waals surface area (Å²) in [6, 6.07) is 10.4. The molecule has 0 atom stereocenters. The Morgan fingerprint density at radius 3 is 2.73 bits per heavy atom. The number of hydrogen-bond acceptors (Lipinski definition) is 2. The lowest BCUT2D eigenvalue weighted by Gasteiger charge is -2.03. The largest absolute Gasteiger partial charge is 0.501 e. The Morgan fingerprint density at radius 1 is 1.33 bits per heavy atom. The van der Waals surface area contributed by atoms with Gasteiger partial charge >= 0.3 is 0 Å². The van der Waals surface area contributed by atoms with Crippen LogP contribution in [0.25, 0.3) is 0 Å². The summed E-state index contributed by atoms with van der Waals surface area (Å²) in [5, 5.41) is 0. The van der Waals surface area contributed by atoms with Crippen LogP contribution in [0.1, 0.15) is 20.3 Å². The predicted molar refractivity (Wildman–Crippen MR) is 67.2 cm³/mol. The van der Waals surface area contributed by atoms with Crippen molar-refractivity contribution in [3.63, 3.8) is 0 Å². The van der Waals surface area contributed by atoms with E-state index in [-0.39, 0.29) is 0 Å². The number of rotatable bonds is 6. The highest BCUT2D eigenvalue weighted by atomic mass is 32.2. The monoisotopic (exact) mass is 222 g/mol. The van der Waals surface area contributed by atoms with Gasteiger partial charge in [-0.05, 0) is 31.1 Å². The zero-order valence-corrected chi connectivity index (χ0v) is 10.2. The van der Waals surface area contributed by atoms with Gasteiger partial charge < -0.3 is 4.74 Å². The minimum atomic E-state index is 0.813. The van der Waals surface area contributed by atoms with Gasteiger partial charge in [-0.25, -0.2) is 0 Å². The summed E-state index contributed by atoms with van der Waals surface area (Å²) in [4.78, 5) is 1.31. The van der Waals surface area contributed by atoms with Crippen molar-refractivity contribution in [2.45, 2.75) is 25.2 Å². The molecule has 0 radical (unpaired) electrons.